The first-order chi connectivity index (χ1) is 17.7. The zero-order valence-electron chi connectivity index (χ0n) is 20.9. The van der Waals surface area contributed by atoms with Gasteiger partial charge in [-0.1, -0.05) is 18.1 Å². The maximum Gasteiger partial charge on any atom is 0.255 e. The van der Waals surface area contributed by atoms with E-state index >= 15 is 0 Å². The van der Waals surface area contributed by atoms with Gasteiger partial charge in [0.2, 0.25) is 0 Å². The largest absolute Gasteiger partial charge is 0.479 e. The molecule has 1 aliphatic heterocycles. The minimum atomic E-state index is -2.36. The Balaban J connectivity index is 1.46. The number of carbonyl (C=O) groups excluding carboxylic acids is 2. The molecular formula is C27H29N5O5. The Labute approximate surface area is 214 Å². The summed E-state index contributed by atoms with van der Waals surface area (Å²) in [4.78, 5) is 31.5. The Morgan fingerprint density at radius 1 is 1.24 bits per heavy atom. The Morgan fingerprint density at radius 2 is 2.05 bits per heavy atom. The Morgan fingerprint density at radius 3 is 2.76 bits per heavy atom. The summed E-state index contributed by atoms with van der Waals surface area (Å²) in [7, 11) is 0. The molecule has 1 aromatic carbocycles. The van der Waals surface area contributed by atoms with E-state index in [1.807, 2.05) is 6.07 Å². The van der Waals surface area contributed by atoms with E-state index in [0.717, 1.165) is 18.2 Å². The van der Waals surface area contributed by atoms with Crippen LogP contribution in [0.3, 0.4) is 0 Å². The van der Waals surface area contributed by atoms with Crippen molar-refractivity contribution < 1.29 is 24.5 Å². The first kappa shape index (κ1) is 25.9. The van der Waals surface area contributed by atoms with E-state index in [2.05, 4.69) is 27.2 Å². The lowest BCUT2D eigenvalue weighted by atomic mass is 9.95. The third kappa shape index (κ3) is 5.48. The van der Waals surface area contributed by atoms with E-state index in [-0.39, 0.29) is 19.7 Å². The lowest BCUT2D eigenvalue weighted by molar-refractivity contribution is -0.166. The van der Waals surface area contributed by atoms with Crippen molar-refractivity contribution in [1.29, 1.82) is 0 Å². The minimum Gasteiger partial charge on any atom is -0.479 e. The number of carbonyl (C=O) groups is 2. The number of fused-ring (bicyclic) bond motifs is 1. The molecule has 2 amide bonds. The molecule has 2 aromatic heterocycles. The van der Waals surface area contributed by atoms with Gasteiger partial charge in [0.25, 0.3) is 11.8 Å². The molecular weight excluding hydrogens is 474 g/mol. The van der Waals surface area contributed by atoms with Gasteiger partial charge in [-0.3, -0.25) is 14.6 Å². The van der Waals surface area contributed by atoms with Gasteiger partial charge in [0.05, 0.1) is 18.3 Å². The standard InChI is InChI=1S/C27H29N5O5/c1-4-5-14-37-23-15-19(9-10-22(23)32-13-7-12-29-32)18(2)30-26(35)27(3,36)24(33)25(34)31-16-20-8-6-11-28-21(20)17-31/h6-13,15,18,24,33,36H,14,16-17H2,1-3H3,(H,30,35)/t18?,24?,27-/m0/s1. The number of nitrogens with zero attached hydrogens (tertiary/aromatic N) is 4. The molecule has 0 saturated carbocycles. The lowest BCUT2D eigenvalue weighted by Gasteiger charge is -2.31. The van der Waals surface area contributed by atoms with Crippen LogP contribution in [0.25, 0.3) is 5.69 Å². The minimum absolute atomic E-state index is 0.174. The summed E-state index contributed by atoms with van der Waals surface area (Å²) in [5.41, 5.74) is 0.601. The summed E-state index contributed by atoms with van der Waals surface area (Å²) >= 11 is 0. The van der Waals surface area contributed by atoms with Crippen molar-refractivity contribution in [2.24, 2.45) is 0 Å². The van der Waals surface area contributed by atoms with Crippen LogP contribution in [0, 0.1) is 11.8 Å². The number of aromatic nitrogens is 3. The molecule has 10 heteroatoms. The fraction of sp³-hybridized carbons (Fsp3) is 0.333. The Hall–Kier alpha value is -4.20. The predicted octanol–water partition coefficient (Wildman–Crippen LogP) is 1.50. The normalized spacial score (nSPS) is 15.5. The number of rotatable bonds is 8. The fourth-order valence-electron chi connectivity index (χ4n) is 4.02. The molecule has 37 heavy (non-hydrogen) atoms. The van der Waals surface area contributed by atoms with Crippen molar-refractivity contribution in [3.63, 3.8) is 0 Å². The number of nitrogens with one attached hydrogen (secondary N) is 1. The van der Waals surface area contributed by atoms with Gasteiger partial charge in [0, 0.05) is 25.1 Å². The van der Waals surface area contributed by atoms with Crippen LogP contribution < -0.4 is 10.1 Å². The van der Waals surface area contributed by atoms with E-state index in [0.29, 0.717) is 17.0 Å². The van der Waals surface area contributed by atoms with Crippen molar-refractivity contribution in [2.75, 3.05) is 6.61 Å². The highest BCUT2D eigenvalue weighted by Gasteiger charge is 2.45. The molecule has 10 nitrogen and oxygen atoms in total. The molecule has 2 unspecified atom stereocenters. The van der Waals surface area contributed by atoms with Crippen molar-refractivity contribution in [3.8, 4) is 23.3 Å². The number of pyridine rings is 1. The summed E-state index contributed by atoms with van der Waals surface area (Å²) in [6, 6.07) is 10.2. The maximum atomic E-state index is 13.0. The van der Waals surface area contributed by atoms with Crippen molar-refractivity contribution in [1.82, 2.24) is 25.0 Å². The molecule has 0 aliphatic carbocycles. The zero-order valence-corrected chi connectivity index (χ0v) is 20.9. The van der Waals surface area contributed by atoms with Crippen molar-refractivity contribution in [2.45, 2.75) is 51.6 Å². The quantitative estimate of drug-likeness (QED) is 0.397. The van der Waals surface area contributed by atoms with Gasteiger partial charge in [0.1, 0.15) is 18.0 Å². The van der Waals surface area contributed by atoms with Gasteiger partial charge >= 0.3 is 0 Å². The van der Waals surface area contributed by atoms with E-state index in [1.54, 1.807) is 67.5 Å². The highest BCUT2D eigenvalue weighted by Crippen LogP contribution is 2.28. The predicted molar refractivity (Wildman–Crippen MR) is 134 cm³/mol. The van der Waals surface area contributed by atoms with E-state index < -0.39 is 29.6 Å². The molecule has 0 spiro atoms. The molecule has 3 N–H and O–H groups in total. The number of hydrogen-bond donors (Lipinski definition) is 3. The summed E-state index contributed by atoms with van der Waals surface area (Å²) in [6.45, 7) is 5.19. The van der Waals surface area contributed by atoms with Crippen LogP contribution in [0.1, 0.15) is 43.6 Å². The maximum absolute atomic E-state index is 13.0. The molecule has 4 rings (SSSR count). The lowest BCUT2D eigenvalue weighted by Crippen LogP contribution is -2.58. The molecule has 0 radical (unpaired) electrons. The highest BCUT2D eigenvalue weighted by atomic mass is 16.5. The van der Waals surface area contributed by atoms with Crippen molar-refractivity contribution in [3.05, 3.63) is 71.8 Å². The number of amides is 2. The zero-order chi connectivity index (χ0) is 26.6. The van der Waals surface area contributed by atoms with Gasteiger partial charge in [-0.25, -0.2) is 4.68 Å². The van der Waals surface area contributed by atoms with Gasteiger partial charge < -0.3 is 25.2 Å². The van der Waals surface area contributed by atoms with Crippen LogP contribution in [-0.4, -0.2) is 60.0 Å². The number of hydrogen-bond acceptors (Lipinski definition) is 7. The topological polar surface area (TPSA) is 130 Å². The molecule has 192 valence electrons. The van der Waals surface area contributed by atoms with Crippen LogP contribution in [-0.2, 0) is 22.7 Å². The third-order valence-corrected chi connectivity index (χ3v) is 6.28. The summed E-state index contributed by atoms with van der Waals surface area (Å²) in [6.07, 6.45) is 3.10. The van der Waals surface area contributed by atoms with Gasteiger partial charge in [-0.05, 0) is 56.2 Å². The first-order valence-electron chi connectivity index (χ1n) is 11.8. The monoisotopic (exact) mass is 503 g/mol. The summed E-state index contributed by atoms with van der Waals surface area (Å²) in [5, 5.41) is 28.5. The molecule has 0 bridgehead atoms. The van der Waals surface area contributed by atoms with E-state index in [1.165, 1.54) is 4.90 Å². The first-order valence-corrected chi connectivity index (χ1v) is 11.8. The Bertz CT molecular complexity index is 1320. The van der Waals surface area contributed by atoms with E-state index in [4.69, 9.17) is 4.74 Å². The number of aliphatic hydroxyl groups excluding tert-OH is 1. The van der Waals surface area contributed by atoms with Crippen LogP contribution in [0.4, 0.5) is 0 Å². The third-order valence-electron chi connectivity index (χ3n) is 6.28. The second-order valence-corrected chi connectivity index (χ2v) is 8.94. The SMILES string of the molecule is CC#CCOc1cc(C(C)NC(=O)[C@@](C)(O)C(O)C(=O)N2Cc3cccnc3C2)ccc1-n1cccn1. The van der Waals surface area contributed by atoms with Gasteiger partial charge in [-0.2, -0.15) is 5.10 Å². The summed E-state index contributed by atoms with van der Waals surface area (Å²) in [5.74, 6) is 4.50. The van der Waals surface area contributed by atoms with Crippen LogP contribution >= 0.6 is 0 Å². The highest BCUT2D eigenvalue weighted by molar-refractivity contribution is 5.94. The van der Waals surface area contributed by atoms with Crippen LogP contribution in [0.2, 0.25) is 0 Å². The van der Waals surface area contributed by atoms with Gasteiger partial charge in [-0.15, -0.1) is 5.92 Å². The second kappa shape index (κ2) is 10.8. The molecule has 0 fully saturated rings. The average molecular weight is 504 g/mol. The molecule has 3 atom stereocenters. The molecule has 3 heterocycles. The van der Waals surface area contributed by atoms with Crippen LogP contribution in [0.15, 0.2) is 55.0 Å². The average Bonchev–Trinajstić information content (AvgIpc) is 3.58. The van der Waals surface area contributed by atoms with Crippen LogP contribution in [0.5, 0.6) is 5.75 Å². The fourth-order valence-corrected chi connectivity index (χ4v) is 4.02. The number of ether oxygens (including phenoxy) is 1. The van der Waals surface area contributed by atoms with Crippen molar-refractivity contribution >= 4 is 11.8 Å². The number of aliphatic hydroxyl groups is 2. The smallest absolute Gasteiger partial charge is 0.255 e. The molecule has 0 saturated heterocycles. The number of benzene rings is 1. The van der Waals surface area contributed by atoms with Gasteiger partial charge in [0.15, 0.2) is 11.7 Å². The molecule has 1 aliphatic rings. The second-order valence-electron chi connectivity index (χ2n) is 8.94. The Kier molecular flexibility index (Phi) is 7.57. The molecule has 3 aromatic rings. The van der Waals surface area contributed by atoms with E-state index in [9.17, 15) is 19.8 Å². The summed E-state index contributed by atoms with van der Waals surface area (Å²) < 4.78 is 7.48.